The molecule has 0 radical (unpaired) electrons. The molecule has 0 aromatic heterocycles. The predicted octanol–water partition coefficient (Wildman–Crippen LogP) is 3.17. The highest BCUT2D eigenvalue weighted by atomic mass is 32.2. The summed E-state index contributed by atoms with van der Waals surface area (Å²) >= 11 is 1.54. The standard InChI is InChI=1S/C18H18N2O2S/c19-14-7-5-13(6-8-14)12-20-16-3-1-2-4-17(16)23-15(9-10-21)11-18(20)22/h1-8,11,21H,9-10,12,19H2. The Hall–Kier alpha value is -2.24. The van der Waals surface area contributed by atoms with Crippen molar-refractivity contribution in [1.82, 2.24) is 0 Å². The van der Waals surface area contributed by atoms with Crippen molar-refractivity contribution in [2.24, 2.45) is 0 Å². The monoisotopic (exact) mass is 326 g/mol. The second-order valence-electron chi connectivity index (χ2n) is 5.32. The van der Waals surface area contributed by atoms with Crippen molar-refractivity contribution >= 4 is 29.0 Å². The average molecular weight is 326 g/mol. The summed E-state index contributed by atoms with van der Waals surface area (Å²) in [7, 11) is 0. The molecule has 0 aliphatic carbocycles. The van der Waals surface area contributed by atoms with Crippen molar-refractivity contribution in [3.05, 3.63) is 65.1 Å². The number of nitrogens with zero attached hydrogens (tertiary/aromatic N) is 1. The number of para-hydroxylation sites is 1. The summed E-state index contributed by atoms with van der Waals surface area (Å²) in [6, 6.07) is 15.4. The van der Waals surface area contributed by atoms with Gasteiger partial charge in [0.2, 0.25) is 0 Å². The molecule has 0 saturated carbocycles. The number of amides is 1. The third-order valence-electron chi connectivity index (χ3n) is 3.63. The van der Waals surface area contributed by atoms with Gasteiger partial charge in [-0.15, -0.1) is 0 Å². The van der Waals surface area contributed by atoms with Crippen LogP contribution in [-0.4, -0.2) is 17.6 Å². The molecular weight excluding hydrogens is 308 g/mol. The number of fused-ring (bicyclic) bond motifs is 1. The molecule has 1 aliphatic rings. The minimum Gasteiger partial charge on any atom is -0.399 e. The van der Waals surface area contributed by atoms with Crippen molar-refractivity contribution < 1.29 is 9.90 Å². The topological polar surface area (TPSA) is 66.6 Å². The number of hydrogen-bond acceptors (Lipinski definition) is 4. The summed E-state index contributed by atoms with van der Waals surface area (Å²) in [6.45, 7) is 0.520. The molecule has 0 fully saturated rings. The van der Waals surface area contributed by atoms with Crippen LogP contribution in [0.1, 0.15) is 12.0 Å². The van der Waals surface area contributed by atoms with Gasteiger partial charge in [0, 0.05) is 29.7 Å². The highest BCUT2D eigenvalue weighted by molar-refractivity contribution is 8.03. The molecular formula is C18H18N2O2S. The van der Waals surface area contributed by atoms with Crippen LogP contribution in [0.3, 0.4) is 0 Å². The van der Waals surface area contributed by atoms with Gasteiger partial charge in [-0.1, -0.05) is 36.0 Å². The van der Waals surface area contributed by atoms with E-state index in [0.29, 0.717) is 18.7 Å². The second kappa shape index (κ2) is 6.89. The summed E-state index contributed by atoms with van der Waals surface area (Å²) in [5.74, 6) is -0.0669. The van der Waals surface area contributed by atoms with E-state index in [2.05, 4.69) is 0 Å². The van der Waals surface area contributed by atoms with Crippen molar-refractivity contribution in [1.29, 1.82) is 0 Å². The fourth-order valence-corrected chi connectivity index (χ4v) is 3.54. The Bertz CT molecular complexity index is 741. The summed E-state index contributed by atoms with van der Waals surface area (Å²) in [4.78, 5) is 16.3. The van der Waals surface area contributed by atoms with Crippen molar-refractivity contribution in [2.75, 3.05) is 17.2 Å². The quantitative estimate of drug-likeness (QED) is 0.847. The molecule has 0 spiro atoms. The molecule has 2 aromatic carbocycles. The number of aliphatic hydroxyl groups is 1. The Labute approximate surface area is 139 Å². The van der Waals surface area contributed by atoms with Crippen LogP contribution in [0, 0.1) is 0 Å². The van der Waals surface area contributed by atoms with Gasteiger partial charge < -0.3 is 15.7 Å². The zero-order chi connectivity index (χ0) is 16.2. The van der Waals surface area contributed by atoms with Gasteiger partial charge in [-0.25, -0.2) is 0 Å². The Morgan fingerprint density at radius 2 is 1.83 bits per heavy atom. The van der Waals surface area contributed by atoms with Gasteiger partial charge in [-0.3, -0.25) is 4.79 Å². The van der Waals surface area contributed by atoms with Crippen LogP contribution in [0.5, 0.6) is 0 Å². The smallest absolute Gasteiger partial charge is 0.252 e. The van der Waals surface area contributed by atoms with E-state index in [9.17, 15) is 9.90 Å². The molecule has 2 aromatic rings. The van der Waals surface area contributed by atoms with Crippen molar-refractivity contribution in [3.8, 4) is 0 Å². The van der Waals surface area contributed by atoms with E-state index in [1.165, 1.54) is 0 Å². The number of carbonyl (C=O) groups is 1. The molecule has 0 bridgehead atoms. The van der Waals surface area contributed by atoms with Crippen LogP contribution in [0.15, 0.2) is 64.4 Å². The number of benzene rings is 2. The van der Waals surface area contributed by atoms with E-state index in [1.807, 2.05) is 48.5 Å². The molecule has 5 heteroatoms. The number of nitrogens with two attached hydrogens (primary N) is 1. The SMILES string of the molecule is Nc1ccc(CN2C(=O)C=C(CCO)Sc3ccccc32)cc1. The van der Waals surface area contributed by atoms with E-state index in [-0.39, 0.29) is 12.5 Å². The molecule has 23 heavy (non-hydrogen) atoms. The Kier molecular flexibility index (Phi) is 4.69. The normalized spacial score (nSPS) is 14.2. The van der Waals surface area contributed by atoms with Gasteiger partial charge in [0.1, 0.15) is 0 Å². The lowest BCUT2D eigenvalue weighted by molar-refractivity contribution is -0.114. The summed E-state index contributed by atoms with van der Waals surface area (Å²) in [5, 5.41) is 9.18. The lowest BCUT2D eigenvalue weighted by Crippen LogP contribution is -2.28. The number of hydrogen-bond donors (Lipinski definition) is 2. The number of rotatable bonds is 4. The molecule has 0 saturated heterocycles. The third-order valence-corrected chi connectivity index (χ3v) is 4.78. The Balaban J connectivity index is 1.96. The van der Waals surface area contributed by atoms with E-state index in [4.69, 9.17) is 5.73 Å². The largest absolute Gasteiger partial charge is 0.399 e. The first-order valence-corrected chi connectivity index (χ1v) is 8.23. The van der Waals surface area contributed by atoms with Crippen molar-refractivity contribution in [3.63, 3.8) is 0 Å². The molecule has 3 N–H and O–H groups in total. The lowest BCUT2D eigenvalue weighted by atomic mass is 10.1. The van der Waals surface area contributed by atoms with Gasteiger partial charge in [0.25, 0.3) is 5.91 Å². The molecule has 0 unspecified atom stereocenters. The first kappa shape index (κ1) is 15.6. The average Bonchev–Trinajstić information content (AvgIpc) is 2.67. The van der Waals surface area contributed by atoms with Gasteiger partial charge >= 0.3 is 0 Å². The highest BCUT2D eigenvalue weighted by Gasteiger charge is 2.22. The molecule has 3 rings (SSSR count). The molecule has 1 aliphatic heterocycles. The van der Waals surface area contributed by atoms with E-state index >= 15 is 0 Å². The van der Waals surface area contributed by atoms with Crippen LogP contribution >= 0.6 is 11.8 Å². The lowest BCUT2D eigenvalue weighted by Gasteiger charge is -2.22. The highest BCUT2D eigenvalue weighted by Crippen LogP contribution is 2.39. The number of aliphatic hydroxyl groups excluding tert-OH is 1. The predicted molar refractivity (Wildman–Crippen MR) is 94.1 cm³/mol. The van der Waals surface area contributed by atoms with Gasteiger partial charge in [-0.2, -0.15) is 0 Å². The summed E-state index contributed by atoms with van der Waals surface area (Å²) in [5.41, 5.74) is 8.34. The number of nitrogen functional groups attached to an aromatic ring is 1. The van der Waals surface area contributed by atoms with Gasteiger partial charge in [0.05, 0.1) is 12.2 Å². The molecule has 0 atom stereocenters. The zero-order valence-electron chi connectivity index (χ0n) is 12.6. The Morgan fingerprint density at radius 1 is 1.09 bits per heavy atom. The zero-order valence-corrected chi connectivity index (χ0v) is 13.4. The van der Waals surface area contributed by atoms with Crippen LogP contribution in [0.2, 0.25) is 0 Å². The minimum absolute atomic E-state index is 0.0340. The summed E-state index contributed by atoms with van der Waals surface area (Å²) in [6.07, 6.45) is 2.11. The fraction of sp³-hybridized carbons (Fsp3) is 0.167. The van der Waals surface area contributed by atoms with E-state index < -0.39 is 0 Å². The summed E-state index contributed by atoms with van der Waals surface area (Å²) < 4.78 is 0. The Morgan fingerprint density at radius 3 is 2.57 bits per heavy atom. The first-order valence-electron chi connectivity index (χ1n) is 7.41. The van der Waals surface area contributed by atoms with Crippen LogP contribution in [0.4, 0.5) is 11.4 Å². The maximum Gasteiger partial charge on any atom is 0.252 e. The van der Waals surface area contributed by atoms with E-state index in [1.54, 1.807) is 22.7 Å². The third kappa shape index (κ3) is 3.57. The second-order valence-corrected chi connectivity index (χ2v) is 6.49. The minimum atomic E-state index is -0.0669. The van der Waals surface area contributed by atoms with Crippen LogP contribution in [-0.2, 0) is 11.3 Å². The molecule has 1 heterocycles. The number of carbonyl (C=O) groups excluding carboxylic acids is 1. The maximum absolute atomic E-state index is 12.7. The van der Waals surface area contributed by atoms with Gasteiger partial charge in [0.15, 0.2) is 0 Å². The van der Waals surface area contributed by atoms with Crippen LogP contribution < -0.4 is 10.6 Å². The molecule has 4 nitrogen and oxygen atoms in total. The molecule has 1 amide bonds. The fourth-order valence-electron chi connectivity index (χ4n) is 2.47. The molecule has 118 valence electrons. The number of anilines is 2. The number of thioether (sulfide) groups is 1. The van der Waals surface area contributed by atoms with E-state index in [0.717, 1.165) is 21.1 Å². The maximum atomic E-state index is 12.7. The van der Waals surface area contributed by atoms with Crippen molar-refractivity contribution in [2.45, 2.75) is 17.9 Å². The van der Waals surface area contributed by atoms with Crippen LogP contribution in [0.25, 0.3) is 0 Å². The first-order chi connectivity index (χ1) is 11.2. The van der Waals surface area contributed by atoms with Gasteiger partial charge in [-0.05, 0) is 34.7 Å².